The van der Waals surface area contributed by atoms with Crippen molar-refractivity contribution in [3.8, 4) is 0 Å². The van der Waals surface area contributed by atoms with Gasteiger partial charge in [-0.2, -0.15) is 0 Å². The van der Waals surface area contributed by atoms with E-state index in [0.29, 0.717) is 0 Å². The Kier molecular flexibility index (Phi) is 63.5. The Morgan fingerprint density at radius 2 is 0.353 bits per heavy atom. The fraction of sp³-hybridized carbons (Fsp3) is 0.312. The molecule has 0 aromatic heterocycles. The van der Waals surface area contributed by atoms with Crippen molar-refractivity contribution in [1.82, 2.24) is 0 Å². The molecular formula is C32H52Y2-2. The Hall–Kier alpha value is -0.392. The van der Waals surface area contributed by atoms with Crippen LogP contribution in [0.2, 0.25) is 0 Å². The van der Waals surface area contributed by atoms with Crippen molar-refractivity contribution in [2.75, 3.05) is 0 Å². The van der Waals surface area contributed by atoms with Crippen LogP contribution < -0.4 is 0 Å². The summed E-state index contributed by atoms with van der Waals surface area (Å²) in [6.07, 6.45) is 0. The molecule has 0 aliphatic carbocycles. The number of hydrogen-bond donors (Lipinski definition) is 0. The molecule has 0 fully saturated rings. The van der Waals surface area contributed by atoms with Crippen LogP contribution in [0.1, 0.15) is 69.2 Å². The van der Waals surface area contributed by atoms with E-state index < -0.39 is 0 Å². The van der Waals surface area contributed by atoms with Crippen LogP contribution in [0.4, 0.5) is 0 Å². The summed E-state index contributed by atoms with van der Waals surface area (Å²) in [5.41, 5.74) is 0. The quantitative estimate of drug-likeness (QED) is 0.173. The zero-order valence-electron chi connectivity index (χ0n) is 24.4. The first-order valence-electron chi connectivity index (χ1n) is 11.8. The predicted molar refractivity (Wildman–Crippen MR) is 157 cm³/mol. The summed E-state index contributed by atoms with van der Waals surface area (Å²) in [6, 6.07) is 33.4. The fourth-order valence-electron chi connectivity index (χ4n) is 2.27. The van der Waals surface area contributed by atoms with Gasteiger partial charge in [-0.1, -0.05) is 166 Å². The molecule has 2 heteroatoms. The molecule has 4 rings (SSSR count). The third kappa shape index (κ3) is 23.4. The van der Waals surface area contributed by atoms with Crippen molar-refractivity contribution in [2.24, 2.45) is 0 Å². The smallest absolute Gasteiger partial charge is 0 e. The molecule has 0 aliphatic rings. The second kappa shape index (κ2) is 42.7. The first kappa shape index (κ1) is 50.5. The first-order valence-corrected chi connectivity index (χ1v) is 11.8. The van der Waals surface area contributed by atoms with Gasteiger partial charge in [-0.3, -0.25) is 0 Å². The molecular weight excluding hydrogens is 562 g/mol. The summed E-state index contributed by atoms with van der Waals surface area (Å²) in [4.78, 5) is 0. The van der Waals surface area contributed by atoms with E-state index >= 15 is 0 Å². The molecule has 0 nitrogen and oxygen atoms in total. The van der Waals surface area contributed by atoms with Crippen molar-refractivity contribution in [1.29, 1.82) is 0 Å². The van der Waals surface area contributed by atoms with Crippen LogP contribution in [0, 0.1) is 14.9 Å². The van der Waals surface area contributed by atoms with E-state index in [1.165, 1.54) is 21.5 Å². The molecule has 0 saturated carbocycles. The van der Waals surface area contributed by atoms with Gasteiger partial charge in [0, 0.05) is 65.4 Å². The Morgan fingerprint density at radius 1 is 0.265 bits per heavy atom. The molecule has 188 valence electrons. The molecule has 0 bridgehead atoms. The largest absolute Gasteiger partial charge is 0.358 e. The van der Waals surface area contributed by atoms with Gasteiger partial charge in [0.2, 0.25) is 0 Å². The third-order valence-electron chi connectivity index (χ3n) is 3.32. The molecule has 0 heterocycles. The summed E-state index contributed by atoms with van der Waals surface area (Å²) in [5.74, 6) is 0. The van der Waals surface area contributed by atoms with Crippen LogP contribution in [-0.4, -0.2) is 0 Å². The van der Waals surface area contributed by atoms with Gasteiger partial charge in [0.05, 0.1) is 0 Å². The standard InChI is InChI=1S/2C10H8.5C2H6.2CH3.2Y/c2*1-2-6-10-8-4-3-7-9(10)5-1;5*1-2;;;;/h2*1-8H;5*1-2H3;2*1H3;;/q;;;;;;;2*-1;;. The van der Waals surface area contributed by atoms with Gasteiger partial charge in [-0.05, 0) is 21.5 Å². The molecule has 0 atom stereocenters. The molecule has 0 N–H and O–H groups in total. The molecule has 0 unspecified atom stereocenters. The van der Waals surface area contributed by atoms with Crippen LogP contribution >= 0.6 is 0 Å². The van der Waals surface area contributed by atoms with Crippen LogP contribution in [0.5, 0.6) is 0 Å². The maximum absolute atomic E-state index is 2.12. The van der Waals surface area contributed by atoms with Gasteiger partial charge in [-0.15, -0.1) is 0 Å². The molecule has 2 radical (unpaired) electrons. The SMILES string of the molecule is CC.CC.CC.CC.CC.[CH3-].[CH3-].[Y].[Y].c1ccc2ccccc2c1.c1ccc2ccccc2c1. The van der Waals surface area contributed by atoms with Gasteiger partial charge in [-0.25, -0.2) is 0 Å². The zero-order chi connectivity index (χ0) is 23.6. The Balaban J connectivity index is -0.0000000579. The van der Waals surface area contributed by atoms with Gasteiger partial charge in [0.1, 0.15) is 0 Å². The predicted octanol–water partition coefficient (Wildman–Crippen LogP) is 11.7. The van der Waals surface area contributed by atoms with Crippen LogP contribution in [0.25, 0.3) is 21.5 Å². The van der Waals surface area contributed by atoms with E-state index in [1.807, 2.05) is 69.2 Å². The third-order valence-corrected chi connectivity index (χ3v) is 3.32. The second-order valence-corrected chi connectivity index (χ2v) is 4.69. The number of rotatable bonds is 0. The number of hydrogen-bond acceptors (Lipinski definition) is 0. The average molecular weight is 615 g/mol. The van der Waals surface area contributed by atoms with Gasteiger partial charge >= 0.3 is 0 Å². The van der Waals surface area contributed by atoms with E-state index in [2.05, 4.69) is 97.1 Å². The van der Waals surface area contributed by atoms with Gasteiger partial charge < -0.3 is 14.9 Å². The molecule has 4 aromatic rings. The van der Waals surface area contributed by atoms with Crippen molar-refractivity contribution < 1.29 is 65.4 Å². The monoisotopic (exact) mass is 614 g/mol. The average Bonchev–Trinajstić information content (AvgIpc) is 2.90. The van der Waals surface area contributed by atoms with E-state index in [-0.39, 0.29) is 80.3 Å². The molecule has 0 aliphatic heterocycles. The maximum atomic E-state index is 2.12. The minimum atomic E-state index is 0. The van der Waals surface area contributed by atoms with Crippen molar-refractivity contribution >= 4 is 21.5 Å². The van der Waals surface area contributed by atoms with E-state index in [1.54, 1.807) is 0 Å². The topological polar surface area (TPSA) is 0 Å². The molecule has 34 heavy (non-hydrogen) atoms. The zero-order valence-corrected chi connectivity index (χ0v) is 30.1. The number of fused-ring (bicyclic) bond motifs is 2. The van der Waals surface area contributed by atoms with E-state index in [9.17, 15) is 0 Å². The summed E-state index contributed by atoms with van der Waals surface area (Å²) in [5, 5.41) is 5.24. The summed E-state index contributed by atoms with van der Waals surface area (Å²) in [7, 11) is 0. The summed E-state index contributed by atoms with van der Waals surface area (Å²) >= 11 is 0. The van der Waals surface area contributed by atoms with Crippen LogP contribution in [0.3, 0.4) is 0 Å². The van der Waals surface area contributed by atoms with Crippen molar-refractivity contribution in [2.45, 2.75) is 69.2 Å². The first-order chi connectivity index (χ1) is 14.9. The number of benzene rings is 4. The van der Waals surface area contributed by atoms with Crippen molar-refractivity contribution in [3.05, 3.63) is 112 Å². The Morgan fingerprint density at radius 3 is 0.441 bits per heavy atom. The van der Waals surface area contributed by atoms with Crippen molar-refractivity contribution in [3.63, 3.8) is 0 Å². The minimum absolute atomic E-state index is 0. The molecule has 0 spiro atoms. The summed E-state index contributed by atoms with van der Waals surface area (Å²) < 4.78 is 0. The van der Waals surface area contributed by atoms with E-state index in [4.69, 9.17) is 0 Å². The Labute approximate surface area is 265 Å². The summed E-state index contributed by atoms with van der Waals surface area (Å²) in [6.45, 7) is 20.0. The van der Waals surface area contributed by atoms with Gasteiger partial charge in [0.15, 0.2) is 0 Å². The fourth-order valence-corrected chi connectivity index (χ4v) is 2.27. The molecule has 4 aromatic carbocycles. The van der Waals surface area contributed by atoms with Crippen LogP contribution in [-0.2, 0) is 65.4 Å². The molecule has 0 saturated heterocycles. The molecule has 0 amide bonds. The Bertz CT molecular complexity index is 624. The van der Waals surface area contributed by atoms with E-state index in [0.717, 1.165) is 0 Å². The minimum Gasteiger partial charge on any atom is -0.358 e. The van der Waals surface area contributed by atoms with Gasteiger partial charge in [0.25, 0.3) is 0 Å². The maximum Gasteiger partial charge on any atom is 0 e. The second-order valence-electron chi connectivity index (χ2n) is 4.69. The van der Waals surface area contributed by atoms with Crippen LogP contribution in [0.15, 0.2) is 97.1 Å². The normalized spacial score (nSPS) is 6.76.